The lowest BCUT2D eigenvalue weighted by Crippen LogP contribution is -1.99. The minimum Gasteiger partial charge on any atom is -0.497 e. The largest absolute Gasteiger partial charge is 0.497 e. The average molecular weight is 356 g/mol. The predicted molar refractivity (Wildman–Crippen MR) is 102 cm³/mol. The molecule has 0 unspecified atom stereocenters. The van der Waals surface area contributed by atoms with Crippen LogP contribution >= 0.6 is 0 Å². The fourth-order valence-electron chi connectivity index (χ4n) is 3.21. The molecule has 0 atom stereocenters. The summed E-state index contributed by atoms with van der Waals surface area (Å²) in [4.78, 5) is 4.63. The van der Waals surface area contributed by atoms with Crippen LogP contribution in [-0.4, -0.2) is 36.5 Å². The van der Waals surface area contributed by atoms with Crippen LogP contribution in [0.25, 0.3) is 33.8 Å². The number of ether oxygens (including phenoxy) is 1. The SMILES string of the molecule is COc1ccc(-c2nnc3c4cnn(-c5cccc(C)c5)c4ncn23)cc1. The van der Waals surface area contributed by atoms with E-state index in [1.54, 1.807) is 19.6 Å². The zero-order chi connectivity index (χ0) is 18.4. The molecule has 3 aromatic heterocycles. The van der Waals surface area contributed by atoms with Crippen molar-refractivity contribution in [2.24, 2.45) is 0 Å². The molecule has 0 spiro atoms. The maximum Gasteiger partial charge on any atom is 0.175 e. The Kier molecular flexibility index (Phi) is 3.39. The molecule has 0 bridgehead atoms. The maximum atomic E-state index is 5.22. The van der Waals surface area contributed by atoms with Gasteiger partial charge in [0.15, 0.2) is 17.1 Å². The highest BCUT2D eigenvalue weighted by Gasteiger charge is 2.15. The summed E-state index contributed by atoms with van der Waals surface area (Å²) in [5, 5.41) is 14.1. The molecule has 0 saturated heterocycles. The van der Waals surface area contributed by atoms with Crippen molar-refractivity contribution in [2.45, 2.75) is 6.92 Å². The van der Waals surface area contributed by atoms with E-state index in [2.05, 4.69) is 39.3 Å². The Hall–Kier alpha value is -3.74. The highest BCUT2D eigenvalue weighted by Crippen LogP contribution is 2.25. The van der Waals surface area contributed by atoms with Crippen molar-refractivity contribution in [2.75, 3.05) is 7.11 Å². The highest BCUT2D eigenvalue weighted by molar-refractivity contribution is 5.90. The molecule has 5 rings (SSSR count). The quantitative estimate of drug-likeness (QED) is 0.495. The van der Waals surface area contributed by atoms with Crippen molar-refractivity contribution < 1.29 is 4.74 Å². The van der Waals surface area contributed by atoms with E-state index in [1.807, 2.05) is 45.5 Å². The fourth-order valence-corrected chi connectivity index (χ4v) is 3.21. The summed E-state index contributed by atoms with van der Waals surface area (Å²) in [5.74, 6) is 1.53. The first-order valence-electron chi connectivity index (χ1n) is 8.53. The number of aryl methyl sites for hydroxylation is 1. The summed E-state index contributed by atoms with van der Waals surface area (Å²) in [5.41, 5.74) is 4.56. The minimum atomic E-state index is 0.727. The number of fused-ring (bicyclic) bond motifs is 3. The van der Waals surface area contributed by atoms with Gasteiger partial charge in [-0.25, -0.2) is 9.67 Å². The number of hydrogen-bond acceptors (Lipinski definition) is 5. The Morgan fingerprint density at radius 3 is 2.59 bits per heavy atom. The molecule has 5 aromatic rings. The van der Waals surface area contributed by atoms with Crippen molar-refractivity contribution in [3.8, 4) is 22.8 Å². The Balaban J connectivity index is 1.67. The van der Waals surface area contributed by atoms with E-state index in [4.69, 9.17) is 4.74 Å². The number of hydrogen-bond donors (Lipinski definition) is 0. The Morgan fingerprint density at radius 1 is 0.963 bits per heavy atom. The molecule has 0 saturated carbocycles. The number of nitrogens with zero attached hydrogens (tertiary/aromatic N) is 6. The zero-order valence-corrected chi connectivity index (χ0v) is 14.9. The summed E-state index contributed by atoms with van der Waals surface area (Å²) in [6, 6.07) is 15.9. The van der Waals surface area contributed by atoms with E-state index >= 15 is 0 Å². The van der Waals surface area contributed by atoms with Crippen LogP contribution in [0.5, 0.6) is 5.75 Å². The van der Waals surface area contributed by atoms with Gasteiger partial charge in [0.05, 0.1) is 24.4 Å². The second-order valence-electron chi connectivity index (χ2n) is 6.32. The number of rotatable bonds is 3. The monoisotopic (exact) mass is 356 g/mol. The third-order valence-corrected chi connectivity index (χ3v) is 4.57. The third-order valence-electron chi connectivity index (χ3n) is 4.57. The van der Waals surface area contributed by atoms with E-state index in [-0.39, 0.29) is 0 Å². The van der Waals surface area contributed by atoms with E-state index in [1.165, 1.54) is 5.56 Å². The smallest absolute Gasteiger partial charge is 0.175 e. The van der Waals surface area contributed by atoms with Crippen LogP contribution < -0.4 is 4.74 Å². The molecule has 0 N–H and O–H groups in total. The lowest BCUT2D eigenvalue weighted by atomic mass is 10.2. The number of methoxy groups -OCH3 is 1. The molecule has 0 aliphatic heterocycles. The molecular weight excluding hydrogens is 340 g/mol. The van der Waals surface area contributed by atoms with E-state index in [9.17, 15) is 0 Å². The van der Waals surface area contributed by atoms with Crippen molar-refractivity contribution in [1.82, 2.24) is 29.4 Å². The van der Waals surface area contributed by atoms with Crippen LogP contribution in [0.1, 0.15) is 5.56 Å². The topological polar surface area (TPSA) is 70.1 Å². The first kappa shape index (κ1) is 15.5. The molecule has 3 heterocycles. The molecular formula is C20H16N6O. The predicted octanol–water partition coefficient (Wildman–Crippen LogP) is 3.45. The maximum absolute atomic E-state index is 5.22. The molecule has 0 aliphatic carbocycles. The van der Waals surface area contributed by atoms with Gasteiger partial charge in [-0.3, -0.25) is 4.40 Å². The number of benzene rings is 2. The minimum absolute atomic E-state index is 0.727. The highest BCUT2D eigenvalue weighted by atomic mass is 16.5. The summed E-state index contributed by atoms with van der Waals surface area (Å²) in [6.07, 6.45) is 3.53. The summed E-state index contributed by atoms with van der Waals surface area (Å²) in [6.45, 7) is 2.06. The van der Waals surface area contributed by atoms with Gasteiger partial charge in [0.2, 0.25) is 0 Å². The number of aromatic nitrogens is 6. The van der Waals surface area contributed by atoms with Gasteiger partial charge in [-0.05, 0) is 48.9 Å². The van der Waals surface area contributed by atoms with E-state index in [0.717, 1.165) is 39.5 Å². The van der Waals surface area contributed by atoms with Gasteiger partial charge in [0, 0.05) is 5.56 Å². The van der Waals surface area contributed by atoms with Gasteiger partial charge in [-0.15, -0.1) is 10.2 Å². The first-order valence-corrected chi connectivity index (χ1v) is 8.53. The lowest BCUT2D eigenvalue weighted by Gasteiger charge is -2.05. The molecule has 132 valence electrons. The Morgan fingerprint density at radius 2 is 1.81 bits per heavy atom. The first-order chi connectivity index (χ1) is 13.2. The van der Waals surface area contributed by atoms with Gasteiger partial charge in [0.1, 0.15) is 12.1 Å². The average Bonchev–Trinajstić information content (AvgIpc) is 3.32. The molecule has 7 nitrogen and oxygen atoms in total. The van der Waals surface area contributed by atoms with Crippen LogP contribution in [0.4, 0.5) is 0 Å². The summed E-state index contributed by atoms with van der Waals surface area (Å²) in [7, 11) is 1.65. The van der Waals surface area contributed by atoms with Gasteiger partial charge in [-0.1, -0.05) is 12.1 Å². The normalized spacial score (nSPS) is 11.3. The summed E-state index contributed by atoms with van der Waals surface area (Å²) < 4.78 is 8.92. The van der Waals surface area contributed by atoms with Gasteiger partial charge >= 0.3 is 0 Å². The van der Waals surface area contributed by atoms with Crippen molar-refractivity contribution in [3.05, 3.63) is 66.6 Å². The summed E-state index contributed by atoms with van der Waals surface area (Å²) >= 11 is 0. The molecule has 0 radical (unpaired) electrons. The van der Waals surface area contributed by atoms with Gasteiger partial charge < -0.3 is 4.74 Å². The van der Waals surface area contributed by atoms with Crippen LogP contribution in [0.3, 0.4) is 0 Å². The van der Waals surface area contributed by atoms with Gasteiger partial charge in [0.25, 0.3) is 0 Å². The van der Waals surface area contributed by atoms with Crippen LogP contribution in [0.2, 0.25) is 0 Å². The van der Waals surface area contributed by atoms with Crippen LogP contribution in [-0.2, 0) is 0 Å². The lowest BCUT2D eigenvalue weighted by molar-refractivity contribution is 0.415. The fraction of sp³-hybridized carbons (Fsp3) is 0.100. The Bertz CT molecular complexity index is 1270. The molecule has 0 amide bonds. The third kappa shape index (κ3) is 2.43. The Labute approximate surface area is 154 Å². The van der Waals surface area contributed by atoms with Crippen LogP contribution in [0.15, 0.2) is 61.1 Å². The van der Waals surface area contributed by atoms with Crippen molar-refractivity contribution >= 4 is 16.7 Å². The van der Waals surface area contributed by atoms with Crippen molar-refractivity contribution in [1.29, 1.82) is 0 Å². The standard InChI is InChI=1S/C20H16N6O/c1-13-4-3-5-15(10-13)26-19-17(11-22-26)20-24-23-18(25(20)12-21-19)14-6-8-16(27-2)9-7-14/h3-12H,1-2H3. The van der Waals surface area contributed by atoms with Crippen molar-refractivity contribution in [3.63, 3.8) is 0 Å². The molecule has 2 aromatic carbocycles. The molecule has 7 heteroatoms. The second kappa shape index (κ2) is 5.91. The molecule has 27 heavy (non-hydrogen) atoms. The van der Waals surface area contributed by atoms with Gasteiger partial charge in [-0.2, -0.15) is 5.10 Å². The molecule has 0 fully saturated rings. The van der Waals surface area contributed by atoms with Crippen LogP contribution in [0, 0.1) is 6.92 Å². The van der Waals surface area contributed by atoms with E-state index in [0.29, 0.717) is 0 Å². The second-order valence-corrected chi connectivity index (χ2v) is 6.32. The molecule has 0 aliphatic rings. The zero-order valence-electron chi connectivity index (χ0n) is 14.9. The van der Waals surface area contributed by atoms with E-state index < -0.39 is 0 Å².